The second-order valence-electron chi connectivity index (χ2n) is 4.99. The average Bonchev–Trinajstić information content (AvgIpc) is 2.56. The zero-order valence-electron chi connectivity index (χ0n) is 13.4. The van der Waals surface area contributed by atoms with E-state index in [4.69, 9.17) is 39.5 Å². The Hall–Kier alpha value is -2.03. The van der Waals surface area contributed by atoms with Crippen LogP contribution in [0.5, 0.6) is 5.88 Å². The van der Waals surface area contributed by atoms with Crippen LogP contribution < -0.4 is 10.1 Å². The van der Waals surface area contributed by atoms with Crippen LogP contribution in [0.25, 0.3) is 0 Å². The summed E-state index contributed by atoms with van der Waals surface area (Å²) in [5, 5.41) is 2.56. The Morgan fingerprint density at radius 2 is 1.89 bits per heavy atom. The molecule has 144 valence electrons. The molecule has 0 spiro atoms. The summed E-state index contributed by atoms with van der Waals surface area (Å²) in [6.45, 7) is 0.0711. The van der Waals surface area contributed by atoms with E-state index in [9.17, 15) is 18.0 Å². The molecule has 0 saturated heterocycles. The smallest absolute Gasteiger partial charge is 0.416 e. The summed E-state index contributed by atoms with van der Waals surface area (Å²) in [6.07, 6.45) is -0.263. The summed E-state index contributed by atoms with van der Waals surface area (Å²) in [5.74, 6) is -0.719. The topological polar surface area (TPSA) is 64.1 Å². The van der Waals surface area contributed by atoms with E-state index in [2.05, 4.69) is 15.3 Å². The Kier molecular flexibility index (Phi) is 7.29. The van der Waals surface area contributed by atoms with Gasteiger partial charge in [0.05, 0.1) is 16.1 Å². The van der Waals surface area contributed by atoms with Crippen molar-refractivity contribution in [1.82, 2.24) is 15.3 Å². The molecule has 2 aromatic rings. The maximum atomic E-state index is 12.7. The minimum atomic E-state index is -4.55. The molecule has 0 fully saturated rings. The van der Waals surface area contributed by atoms with E-state index < -0.39 is 17.6 Å². The molecule has 0 aliphatic rings. The molecule has 0 unspecified atom stereocenters. The van der Waals surface area contributed by atoms with Gasteiger partial charge in [0, 0.05) is 18.8 Å². The Balaban J connectivity index is 1.83. The lowest BCUT2D eigenvalue weighted by atomic mass is 10.2. The van der Waals surface area contributed by atoms with Crippen LogP contribution in [-0.4, -0.2) is 29.0 Å². The molecule has 0 atom stereocenters. The lowest BCUT2D eigenvalue weighted by molar-refractivity contribution is -0.137. The number of carbonyl (C=O) groups excluding carboxylic acids is 1. The van der Waals surface area contributed by atoms with Crippen LogP contribution in [-0.2, 0) is 6.18 Å². The number of alkyl halides is 3. The highest BCUT2D eigenvalue weighted by Gasteiger charge is 2.31. The largest absolute Gasteiger partial charge is 0.473 e. The predicted molar refractivity (Wildman–Crippen MR) is 95.5 cm³/mol. The van der Waals surface area contributed by atoms with Gasteiger partial charge in [0.15, 0.2) is 0 Å². The number of ether oxygens (including phenoxy) is 1. The van der Waals surface area contributed by atoms with Crippen molar-refractivity contribution in [2.45, 2.75) is 6.18 Å². The van der Waals surface area contributed by atoms with Gasteiger partial charge in [0.25, 0.3) is 5.91 Å². The molecule has 0 radical (unpaired) electrons. The van der Waals surface area contributed by atoms with Gasteiger partial charge in [-0.2, -0.15) is 13.2 Å². The number of halogens is 6. The molecule has 11 heteroatoms. The molecule has 27 heavy (non-hydrogen) atoms. The van der Waals surface area contributed by atoms with Crippen molar-refractivity contribution in [2.75, 3.05) is 13.2 Å². The van der Waals surface area contributed by atoms with E-state index in [1.807, 2.05) is 0 Å². The summed E-state index contributed by atoms with van der Waals surface area (Å²) in [7, 11) is 0. The van der Waals surface area contributed by atoms with E-state index in [-0.39, 0.29) is 39.9 Å². The van der Waals surface area contributed by atoms with Crippen molar-refractivity contribution in [1.29, 1.82) is 0 Å². The van der Waals surface area contributed by atoms with Gasteiger partial charge in [-0.15, -0.1) is 0 Å². The second kappa shape index (κ2) is 9.25. The van der Waals surface area contributed by atoms with Crippen LogP contribution in [0, 0.1) is 0 Å². The van der Waals surface area contributed by atoms with Gasteiger partial charge >= 0.3 is 6.18 Å². The molecule has 0 aliphatic carbocycles. The first-order valence-corrected chi connectivity index (χ1v) is 8.42. The van der Waals surface area contributed by atoms with E-state index in [0.29, 0.717) is 6.07 Å². The Labute approximate surface area is 167 Å². The van der Waals surface area contributed by atoms with Crippen LogP contribution in [0.3, 0.4) is 0 Å². The van der Waals surface area contributed by atoms with Crippen molar-refractivity contribution in [3.8, 4) is 5.88 Å². The van der Waals surface area contributed by atoms with E-state index in [0.717, 1.165) is 6.07 Å². The van der Waals surface area contributed by atoms with Crippen LogP contribution in [0.1, 0.15) is 15.9 Å². The predicted octanol–water partition coefficient (Wildman–Crippen LogP) is 4.82. The van der Waals surface area contributed by atoms with Crippen molar-refractivity contribution in [3.05, 3.63) is 63.0 Å². The molecule has 2 aromatic heterocycles. The van der Waals surface area contributed by atoms with E-state index in [1.54, 1.807) is 6.08 Å². The third kappa shape index (κ3) is 6.57. The van der Waals surface area contributed by atoms with Gasteiger partial charge in [-0.1, -0.05) is 40.9 Å². The lowest BCUT2D eigenvalue weighted by Crippen LogP contribution is -2.23. The summed E-state index contributed by atoms with van der Waals surface area (Å²) >= 11 is 17.1. The minimum absolute atomic E-state index is 0.0657. The molecule has 0 aliphatic heterocycles. The summed E-state index contributed by atoms with van der Waals surface area (Å²) < 4.78 is 43.2. The number of rotatable bonds is 6. The third-order valence-corrected chi connectivity index (χ3v) is 3.75. The van der Waals surface area contributed by atoms with Gasteiger partial charge in [-0.3, -0.25) is 4.79 Å². The van der Waals surface area contributed by atoms with E-state index >= 15 is 0 Å². The first kappa shape index (κ1) is 21.3. The molecule has 1 amide bonds. The Morgan fingerprint density at radius 1 is 1.15 bits per heavy atom. The Morgan fingerprint density at radius 3 is 2.56 bits per heavy atom. The summed E-state index contributed by atoms with van der Waals surface area (Å²) in [5.41, 5.74) is -0.796. The number of aromatic nitrogens is 2. The van der Waals surface area contributed by atoms with E-state index in [1.165, 1.54) is 18.3 Å². The van der Waals surface area contributed by atoms with Gasteiger partial charge < -0.3 is 10.1 Å². The highest BCUT2D eigenvalue weighted by Crippen LogP contribution is 2.32. The number of amides is 1. The highest BCUT2D eigenvalue weighted by atomic mass is 35.5. The molecule has 5 nitrogen and oxygen atoms in total. The van der Waals surface area contributed by atoms with Crippen LogP contribution >= 0.6 is 34.8 Å². The normalized spacial score (nSPS) is 11.6. The maximum absolute atomic E-state index is 12.7. The standard InChI is InChI=1S/C16H11Cl3F3N3O2/c17-11-7-12(18)24-8-10(11)15(26)23-3-1-2-4-27-14-6-9(16(20,21)22)5-13(19)25-14/h1-2,5-8H,3-4H2,(H,23,26). The van der Waals surface area contributed by atoms with Crippen molar-refractivity contribution >= 4 is 40.7 Å². The summed E-state index contributed by atoms with van der Waals surface area (Å²) in [4.78, 5) is 19.3. The number of pyridine rings is 2. The SMILES string of the molecule is O=C(NCC=CCOc1cc(C(F)(F)F)cc(Cl)n1)c1cnc(Cl)cc1Cl. The molecular weight excluding hydrogens is 430 g/mol. The Bertz CT molecular complexity index is 861. The van der Waals surface area contributed by atoms with Crippen LogP contribution in [0.2, 0.25) is 15.3 Å². The number of nitrogens with one attached hydrogen (secondary N) is 1. The molecule has 2 heterocycles. The fourth-order valence-electron chi connectivity index (χ4n) is 1.82. The summed E-state index contributed by atoms with van der Waals surface area (Å²) in [6, 6.07) is 2.79. The van der Waals surface area contributed by atoms with Crippen molar-refractivity contribution < 1.29 is 22.7 Å². The minimum Gasteiger partial charge on any atom is -0.473 e. The fraction of sp³-hybridized carbons (Fsp3) is 0.188. The quantitative estimate of drug-likeness (QED) is 0.517. The lowest BCUT2D eigenvalue weighted by Gasteiger charge is -2.09. The molecule has 0 saturated carbocycles. The highest BCUT2D eigenvalue weighted by molar-refractivity contribution is 6.36. The fourth-order valence-corrected chi connectivity index (χ4v) is 2.47. The monoisotopic (exact) mass is 439 g/mol. The average molecular weight is 441 g/mol. The third-order valence-electron chi connectivity index (χ3n) is 3.04. The number of hydrogen-bond donors (Lipinski definition) is 1. The van der Waals surface area contributed by atoms with Gasteiger partial charge in [-0.25, -0.2) is 9.97 Å². The van der Waals surface area contributed by atoms with Crippen molar-refractivity contribution in [2.24, 2.45) is 0 Å². The first-order chi connectivity index (χ1) is 12.7. The number of hydrogen-bond acceptors (Lipinski definition) is 4. The molecular formula is C16H11Cl3F3N3O2. The van der Waals surface area contributed by atoms with Crippen LogP contribution in [0.15, 0.2) is 36.5 Å². The zero-order chi connectivity index (χ0) is 20.0. The number of nitrogens with zero attached hydrogens (tertiary/aromatic N) is 2. The maximum Gasteiger partial charge on any atom is 0.416 e. The molecule has 2 rings (SSSR count). The first-order valence-electron chi connectivity index (χ1n) is 7.28. The molecule has 0 aromatic carbocycles. The molecule has 1 N–H and O–H groups in total. The number of carbonyl (C=O) groups is 1. The molecule has 0 bridgehead atoms. The van der Waals surface area contributed by atoms with Crippen LogP contribution in [0.4, 0.5) is 13.2 Å². The van der Waals surface area contributed by atoms with Gasteiger partial charge in [-0.05, 0) is 18.2 Å². The van der Waals surface area contributed by atoms with Gasteiger partial charge in [0.1, 0.15) is 16.9 Å². The van der Waals surface area contributed by atoms with Crippen molar-refractivity contribution in [3.63, 3.8) is 0 Å². The zero-order valence-corrected chi connectivity index (χ0v) is 15.6. The van der Waals surface area contributed by atoms with Gasteiger partial charge in [0.2, 0.25) is 5.88 Å². The second-order valence-corrected chi connectivity index (χ2v) is 6.18.